The molecule has 284 valence electrons. The highest BCUT2D eigenvalue weighted by Gasteiger charge is 2.54. The minimum atomic E-state index is -0.670. The number of fused-ring (bicyclic) bond motifs is 6. The number of aromatic amines is 1. The Hall–Kier alpha value is -5.14. The third-order valence-electron chi connectivity index (χ3n) is 10.9. The molecule has 1 aliphatic carbocycles. The van der Waals surface area contributed by atoms with Crippen LogP contribution >= 0.6 is 0 Å². The van der Waals surface area contributed by atoms with Crippen LogP contribution in [-0.4, -0.2) is 96.9 Å². The van der Waals surface area contributed by atoms with Gasteiger partial charge in [-0.15, -0.1) is 0 Å². The molecule has 6 atom stereocenters. The number of hydrogen-bond acceptors (Lipinski definition) is 12. The summed E-state index contributed by atoms with van der Waals surface area (Å²) >= 11 is 0. The first kappa shape index (κ1) is 37.6. The lowest BCUT2D eigenvalue weighted by molar-refractivity contribution is -0.176. The van der Waals surface area contributed by atoms with Crippen LogP contribution in [0.3, 0.4) is 0 Å². The number of aromatic nitrogens is 1. The fourth-order valence-corrected chi connectivity index (χ4v) is 8.43. The van der Waals surface area contributed by atoms with Crippen molar-refractivity contribution >= 4 is 28.5 Å². The number of carbonyl (C=O) groups is 2. The lowest BCUT2D eigenvalue weighted by Gasteiger charge is -2.52. The zero-order chi connectivity index (χ0) is 37.8. The molecule has 0 bridgehead atoms. The zero-order valence-corrected chi connectivity index (χ0v) is 31.3. The molecule has 0 spiro atoms. The number of ether oxygens (including phenoxy) is 8. The van der Waals surface area contributed by atoms with Gasteiger partial charge >= 0.3 is 11.9 Å². The maximum Gasteiger partial charge on any atom is 0.338 e. The first-order chi connectivity index (χ1) is 25.7. The molecule has 3 aliphatic rings. The van der Waals surface area contributed by atoms with Gasteiger partial charge in [-0.3, -0.25) is 9.69 Å². The van der Waals surface area contributed by atoms with Crippen molar-refractivity contribution in [3.05, 3.63) is 71.4 Å². The molecule has 13 nitrogen and oxygen atoms in total. The van der Waals surface area contributed by atoms with Gasteiger partial charge < -0.3 is 48.6 Å². The largest absolute Gasteiger partial charge is 0.497 e. The molecule has 2 aliphatic heterocycles. The van der Waals surface area contributed by atoms with Gasteiger partial charge in [-0.05, 0) is 73.1 Å². The van der Waals surface area contributed by atoms with E-state index in [1.54, 1.807) is 39.5 Å². The highest BCUT2D eigenvalue weighted by molar-refractivity contribution is 5.91. The number of esters is 2. The van der Waals surface area contributed by atoms with Crippen molar-refractivity contribution in [2.24, 2.45) is 17.8 Å². The van der Waals surface area contributed by atoms with Gasteiger partial charge in [0.2, 0.25) is 5.75 Å². The minimum absolute atomic E-state index is 0.0170. The number of nitrogens with two attached hydrogens (primary N) is 1. The lowest BCUT2D eigenvalue weighted by Crippen LogP contribution is -2.58. The molecule has 0 amide bonds. The maximum atomic E-state index is 13.5. The molecule has 53 heavy (non-hydrogen) atoms. The quantitative estimate of drug-likeness (QED) is 0.166. The number of H-pyrrole nitrogens is 1. The molecule has 4 aromatic rings. The molecule has 0 unspecified atom stereocenters. The standard InChI is InChI=1S/C33H40N2O9.C7H9NO/c1-38-19-7-8-20-21-9-10-35-16-18-13-27(44-32(36)17-11-25(39-2)30(41-4)26(12-17)40-3)31(42-5)28(33(37)43-6)22(18)15-24(35)29(21)34-23(20)14-19;1-9-7-5-3-2-4-6(7)8/h7-8,11-12,14,18,22,24,27-28,31,34H,9-10,13,15-16H2,1-6H3;2-5H,8H2,1H3/t18-,22+,24-,27-,28+,31+;/m1./s1. The van der Waals surface area contributed by atoms with Crippen LogP contribution in [0.15, 0.2) is 54.6 Å². The number of nitrogens with one attached hydrogen (secondary N) is 1. The van der Waals surface area contributed by atoms with Gasteiger partial charge in [-0.1, -0.05) is 12.1 Å². The summed E-state index contributed by atoms with van der Waals surface area (Å²) in [6, 6.07) is 16.8. The number of rotatable bonds is 9. The van der Waals surface area contributed by atoms with Crippen LogP contribution in [0.5, 0.6) is 28.7 Å². The summed E-state index contributed by atoms with van der Waals surface area (Å²) in [5.41, 5.74) is 10.0. The topological polar surface area (TPSA) is 153 Å². The predicted octanol–water partition coefficient (Wildman–Crippen LogP) is 5.45. The van der Waals surface area contributed by atoms with Crippen LogP contribution in [0.2, 0.25) is 0 Å². The number of hydrogen-bond donors (Lipinski definition) is 2. The van der Waals surface area contributed by atoms with Gasteiger partial charge in [0.1, 0.15) is 23.7 Å². The van der Waals surface area contributed by atoms with Gasteiger partial charge in [0.15, 0.2) is 11.5 Å². The monoisotopic (exact) mass is 731 g/mol. The first-order valence-corrected chi connectivity index (χ1v) is 17.6. The Morgan fingerprint density at radius 3 is 2.15 bits per heavy atom. The Kier molecular flexibility index (Phi) is 11.5. The van der Waals surface area contributed by atoms with Crippen LogP contribution in [-0.2, 0) is 25.4 Å². The van der Waals surface area contributed by atoms with E-state index in [0.717, 1.165) is 42.9 Å². The second-order valence-electron chi connectivity index (χ2n) is 13.4. The van der Waals surface area contributed by atoms with Crippen molar-refractivity contribution in [1.82, 2.24) is 9.88 Å². The fraction of sp³-hybridized carbons (Fsp3) is 0.450. The Balaban J connectivity index is 0.000000468. The molecule has 7 rings (SSSR count). The first-order valence-electron chi connectivity index (χ1n) is 17.6. The van der Waals surface area contributed by atoms with E-state index in [4.69, 9.17) is 43.6 Å². The van der Waals surface area contributed by atoms with Crippen molar-refractivity contribution in [3.63, 3.8) is 0 Å². The molecular formula is C40H49N3O10. The van der Waals surface area contributed by atoms with Gasteiger partial charge in [0, 0.05) is 42.9 Å². The third-order valence-corrected chi connectivity index (χ3v) is 10.9. The fourth-order valence-electron chi connectivity index (χ4n) is 8.43. The second kappa shape index (κ2) is 16.3. The average Bonchev–Trinajstić information content (AvgIpc) is 3.57. The molecule has 3 N–H and O–H groups in total. The number of anilines is 1. The SMILES string of the molecule is COC(=O)[C@H]1[C@H]2C[C@@H]3c4[nH]c5cc(OC)ccc5c4CCN3C[C@H]2C[C@@H](OC(=O)c2cc(OC)c(OC)c(OC)c2)[C@@H]1OC.COc1ccccc1N. The average molecular weight is 732 g/mol. The Morgan fingerprint density at radius 1 is 0.830 bits per heavy atom. The number of nitrogen functional groups attached to an aromatic ring is 1. The molecule has 1 saturated carbocycles. The number of para-hydroxylation sites is 2. The Labute approximate surface area is 309 Å². The zero-order valence-electron chi connectivity index (χ0n) is 31.3. The van der Waals surface area contributed by atoms with Crippen LogP contribution in [0, 0.1) is 17.8 Å². The molecule has 2 fully saturated rings. The number of benzene rings is 3. The summed E-state index contributed by atoms with van der Waals surface area (Å²) in [6.07, 6.45) is 0.920. The summed E-state index contributed by atoms with van der Waals surface area (Å²) in [6.45, 7) is 1.68. The van der Waals surface area contributed by atoms with Gasteiger partial charge in [0.05, 0.1) is 65.9 Å². The van der Waals surface area contributed by atoms with E-state index in [9.17, 15) is 9.59 Å². The Morgan fingerprint density at radius 2 is 1.55 bits per heavy atom. The van der Waals surface area contributed by atoms with Crippen molar-refractivity contribution in [2.75, 3.05) is 68.6 Å². The van der Waals surface area contributed by atoms with Gasteiger partial charge in [-0.2, -0.15) is 0 Å². The summed E-state index contributed by atoms with van der Waals surface area (Å²) in [7, 11) is 10.7. The molecule has 3 heterocycles. The highest BCUT2D eigenvalue weighted by Crippen LogP contribution is 2.51. The summed E-state index contributed by atoms with van der Waals surface area (Å²) < 4.78 is 44.0. The highest BCUT2D eigenvalue weighted by atomic mass is 16.6. The maximum absolute atomic E-state index is 13.5. The van der Waals surface area contributed by atoms with E-state index in [1.807, 2.05) is 30.3 Å². The minimum Gasteiger partial charge on any atom is -0.497 e. The van der Waals surface area contributed by atoms with E-state index in [2.05, 4.69) is 16.0 Å². The normalized spacial score (nSPS) is 23.2. The summed E-state index contributed by atoms with van der Waals surface area (Å²) in [5, 5.41) is 1.21. The predicted molar refractivity (Wildman–Crippen MR) is 198 cm³/mol. The molecule has 3 aromatic carbocycles. The van der Waals surface area contributed by atoms with E-state index >= 15 is 0 Å². The van der Waals surface area contributed by atoms with Crippen LogP contribution in [0.25, 0.3) is 10.9 Å². The molecule has 1 saturated heterocycles. The molecular weight excluding hydrogens is 682 g/mol. The van der Waals surface area contributed by atoms with Crippen LogP contribution in [0.1, 0.15) is 40.5 Å². The van der Waals surface area contributed by atoms with Gasteiger partial charge in [0.25, 0.3) is 0 Å². The molecule has 13 heteroatoms. The molecule has 1 aromatic heterocycles. The van der Waals surface area contributed by atoms with E-state index < -0.39 is 24.1 Å². The van der Waals surface area contributed by atoms with Crippen molar-refractivity contribution in [1.29, 1.82) is 0 Å². The number of piperidine rings is 1. The van der Waals surface area contributed by atoms with Crippen LogP contribution in [0.4, 0.5) is 5.69 Å². The van der Waals surface area contributed by atoms with Crippen molar-refractivity contribution in [3.8, 4) is 28.7 Å². The van der Waals surface area contributed by atoms with Gasteiger partial charge in [-0.25, -0.2) is 4.79 Å². The lowest BCUT2D eigenvalue weighted by atomic mass is 9.63. The number of nitrogens with zero attached hydrogens (tertiary/aromatic N) is 1. The Bertz CT molecular complexity index is 1900. The smallest absolute Gasteiger partial charge is 0.338 e. The van der Waals surface area contributed by atoms with Crippen molar-refractivity contribution < 1.29 is 47.5 Å². The second-order valence-corrected chi connectivity index (χ2v) is 13.4. The van der Waals surface area contributed by atoms with E-state index in [1.165, 1.54) is 45.1 Å². The van der Waals surface area contributed by atoms with Crippen LogP contribution < -0.4 is 29.4 Å². The van der Waals surface area contributed by atoms with Crippen molar-refractivity contribution in [2.45, 2.75) is 37.5 Å². The summed E-state index contributed by atoms with van der Waals surface area (Å²) in [5.74, 6) is 1.17. The third kappa shape index (κ3) is 7.27. The number of methoxy groups -OCH3 is 7. The summed E-state index contributed by atoms with van der Waals surface area (Å²) in [4.78, 5) is 33.1. The number of carbonyl (C=O) groups excluding carboxylic acids is 2. The molecule has 0 radical (unpaired) electrons. The van der Waals surface area contributed by atoms with E-state index in [0.29, 0.717) is 29.4 Å². The van der Waals surface area contributed by atoms with E-state index in [-0.39, 0.29) is 29.4 Å².